The number of halogens is 3. The van der Waals surface area contributed by atoms with Gasteiger partial charge in [0.2, 0.25) is 0 Å². The number of aryl methyl sites for hydroxylation is 1. The van der Waals surface area contributed by atoms with Crippen LogP contribution in [-0.2, 0) is 17.1 Å². The molecule has 0 bridgehead atoms. The molecular formula is C13H11ClF2N2O4S. The van der Waals surface area contributed by atoms with Gasteiger partial charge in [0.1, 0.15) is 11.4 Å². The first kappa shape index (κ1) is 17.2. The molecule has 0 saturated heterocycles. The van der Waals surface area contributed by atoms with Crippen LogP contribution in [0.1, 0.15) is 0 Å². The standard InChI is InChI=1S/C13H11ClF2N2O4S/c1-18-6-2-3-10(12(18)19)17-23(20,21)8-4-5-11(9(14)7-8)22-13(15)16/h2-7,13,17H,1H3. The van der Waals surface area contributed by atoms with Crippen LogP contribution >= 0.6 is 11.6 Å². The van der Waals surface area contributed by atoms with Crippen LogP contribution in [0.25, 0.3) is 0 Å². The predicted octanol–water partition coefficient (Wildman–Crippen LogP) is 2.44. The molecule has 1 aromatic heterocycles. The minimum Gasteiger partial charge on any atom is -0.433 e. The molecule has 23 heavy (non-hydrogen) atoms. The summed E-state index contributed by atoms with van der Waals surface area (Å²) >= 11 is 5.72. The SMILES string of the molecule is Cn1cccc(NS(=O)(=O)c2ccc(OC(F)F)c(Cl)c2)c1=O. The Morgan fingerprint density at radius 3 is 2.61 bits per heavy atom. The number of pyridine rings is 1. The maximum absolute atomic E-state index is 12.2. The van der Waals surface area contributed by atoms with Crippen molar-refractivity contribution in [3.63, 3.8) is 0 Å². The highest BCUT2D eigenvalue weighted by Gasteiger charge is 2.19. The number of benzene rings is 1. The average molecular weight is 365 g/mol. The molecule has 0 radical (unpaired) electrons. The summed E-state index contributed by atoms with van der Waals surface area (Å²) < 4.78 is 56.3. The topological polar surface area (TPSA) is 77.4 Å². The van der Waals surface area contributed by atoms with Gasteiger partial charge in [-0.2, -0.15) is 8.78 Å². The predicted molar refractivity (Wildman–Crippen MR) is 80.6 cm³/mol. The van der Waals surface area contributed by atoms with Crippen LogP contribution < -0.4 is 15.0 Å². The molecule has 2 rings (SSSR count). The largest absolute Gasteiger partial charge is 0.433 e. The number of nitrogens with one attached hydrogen (secondary N) is 1. The molecule has 0 aliphatic rings. The van der Waals surface area contributed by atoms with E-state index in [1.54, 1.807) is 0 Å². The molecule has 0 aliphatic carbocycles. The summed E-state index contributed by atoms with van der Waals surface area (Å²) in [6, 6.07) is 5.79. The van der Waals surface area contributed by atoms with Gasteiger partial charge in [0.25, 0.3) is 15.6 Å². The van der Waals surface area contributed by atoms with Crippen molar-refractivity contribution in [2.45, 2.75) is 11.5 Å². The van der Waals surface area contributed by atoms with Gasteiger partial charge < -0.3 is 9.30 Å². The van der Waals surface area contributed by atoms with Gasteiger partial charge in [-0.05, 0) is 30.3 Å². The van der Waals surface area contributed by atoms with Crippen molar-refractivity contribution in [1.29, 1.82) is 0 Å². The van der Waals surface area contributed by atoms with E-state index in [0.29, 0.717) is 0 Å². The van der Waals surface area contributed by atoms with Crippen LogP contribution in [0, 0.1) is 0 Å². The summed E-state index contributed by atoms with van der Waals surface area (Å²) in [4.78, 5) is 11.5. The van der Waals surface area contributed by atoms with E-state index < -0.39 is 22.2 Å². The van der Waals surface area contributed by atoms with E-state index >= 15 is 0 Å². The Labute approximate surface area is 135 Å². The Morgan fingerprint density at radius 1 is 1.30 bits per heavy atom. The van der Waals surface area contributed by atoms with Gasteiger partial charge in [-0.15, -0.1) is 0 Å². The van der Waals surface area contributed by atoms with Gasteiger partial charge in [0.05, 0.1) is 9.92 Å². The highest BCUT2D eigenvalue weighted by molar-refractivity contribution is 7.92. The van der Waals surface area contributed by atoms with Gasteiger partial charge in [-0.25, -0.2) is 8.42 Å². The van der Waals surface area contributed by atoms with E-state index in [1.807, 2.05) is 0 Å². The fourth-order valence-electron chi connectivity index (χ4n) is 1.72. The third-order valence-corrected chi connectivity index (χ3v) is 4.46. The quantitative estimate of drug-likeness (QED) is 0.884. The second-order valence-electron chi connectivity index (χ2n) is 4.41. The van der Waals surface area contributed by atoms with E-state index in [4.69, 9.17) is 11.6 Å². The maximum Gasteiger partial charge on any atom is 0.387 e. The molecule has 0 saturated carbocycles. The Kier molecular flexibility index (Phi) is 4.90. The molecule has 1 aromatic carbocycles. The summed E-state index contributed by atoms with van der Waals surface area (Å²) in [5.74, 6) is -0.351. The van der Waals surface area contributed by atoms with E-state index in [2.05, 4.69) is 9.46 Å². The summed E-state index contributed by atoms with van der Waals surface area (Å²) in [6.07, 6.45) is 1.47. The summed E-state index contributed by atoms with van der Waals surface area (Å²) in [6.45, 7) is -3.08. The Bertz CT molecular complexity index is 884. The van der Waals surface area contributed by atoms with E-state index in [0.717, 1.165) is 18.2 Å². The fourth-order valence-corrected chi connectivity index (χ4v) is 3.09. The van der Waals surface area contributed by atoms with Crippen molar-refractivity contribution in [1.82, 2.24) is 4.57 Å². The summed E-state index contributed by atoms with van der Waals surface area (Å²) in [7, 11) is -2.65. The zero-order valence-electron chi connectivity index (χ0n) is 11.7. The molecule has 6 nitrogen and oxygen atoms in total. The highest BCUT2D eigenvalue weighted by atomic mass is 35.5. The first-order valence-corrected chi connectivity index (χ1v) is 7.99. The van der Waals surface area contributed by atoms with Crippen LogP contribution in [0.4, 0.5) is 14.5 Å². The number of sulfonamides is 1. The third kappa shape index (κ3) is 3.99. The van der Waals surface area contributed by atoms with E-state index in [-0.39, 0.29) is 21.4 Å². The molecule has 0 fully saturated rings. The highest BCUT2D eigenvalue weighted by Crippen LogP contribution is 2.29. The second-order valence-corrected chi connectivity index (χ2v) is 6.50. The number of hydrogen-bond acceptors (Lipinski definition) is 4. The monoisotopic (exact) mass is 364 g/mol. The third-order valence-electron chi connectivity index (χ3n) is 2.80. The molecule has 1 heterocycles. The molecule has 2 aromatic rings. The van der Waals surface area contributed by atoms with Crippen molar-refractivity contribution in [3.05, 3.63) is 51.9 Å². The summed E-state index contributed by atoms with van der Waals surface area (Å²) in [5, 5.41) is -0.297. The number of aromatic nitrogens is 1. The fraction of sp³-hybridized carbons (Fsp3) is 0.154. The smallest absolute Gasteiger partial charge is 0.387 e. The molecule has 0 atom stereocenters. The first-order chi connectivity index (χ1) is 10.7. The molecule has 124 valence electrons. The number of alkyl halides is 2. The number of hydrogen-bond donors (Lipinski definition) is 1. The number of ether oxygens (including phenoxy) is 1. The summed E-state index contributed by atoms with van der Waals surface area (Å²) in [5.41, 5.74) is -0.696. The van der Waals surface area contributed by atoms with Crippen molar-refractivity contribution in [2.24, 2.45) is 7.05 Å². The number of rotatable bonds is 5. The Hall–Kier alpha value is -2.13. The van der Waals surface area contributed by atoms with Crippen molar-refractivity contribution in [2.75, 3.05) is 4.72 Å². The number of anilines is 1. The zero-order chi connectivity index (χ0) is 17.2. The Balaban J connectivity index is 2.35. The lowest BCUT2D eigenvalue weighted by Gasteiger charge is -2.11. The van der Waals surface area contributed by atoms with Gasteiger partial charge in [-0.1, -0.05) is 11.6 Å². The van der Waals surface area contributed by atoms with E-state index in [9.17, 15) is 22.0 Å². The molecule has 10 heteroatoms. The maximum atomic E-state index is 12.2. The van der Waals surface area contributed by atoms with Crippen molar-refractivity contribution >= 4 is 27.3 Å². The van der Waals surface area contributed by atoms with E-state index in [1.165, 1.54) is 29.9 Å². The molecule has 0 unspecified atom stereocenters. The molecule has 0 spiro atoms. The molecule has 0 aliphatic heterocycles. The minimum absolute atomic E-state index is 0.154. The van der Waals surface area contributed by atoms with Crippen LogP contribution in [0.2, 0.25) is 5.02 Å². The van der Waals surface area contributed by atoms with Gasteiger partial charge >= 0.3 is 6.61 Å². The normalized spacial score (nSPS) is 11.5. The van der Waals surface area contributed by atoms with Gasteiger partial charge in [0.15, 0.2) is 0 Å². The number of nitrogens with zero attached hydrogens (tertiary/aromatic N) is 1. The molecular weight excluding hydrogens is 354 g/mol. The van der Waals surface area contributed by atoms with Gasteiger partial charge in [0, 0.05) is 13.2 Å². The second kappa shape index (κ2) is 6.55. The van der Waals surface area contributed by atoms with Gasteiger partial charge in [-0.3, -0.25) is 9.52 Å². The minimum atomic E-state index is -4.11. The first-order valence-electron chi connectivity index (χ1n) is 6.13. The molecule has 1 N–H and O–H groups in total. The average Bonchev–Trinajstić information content (AvgIpc) is 2.45. The lowest BCUT2D eigenvalue weighted by Crippen LogP contribution is -2.23. The Morgan fingerprint density at radius 2 is 2.00 bits per heavy atom. The van der Waals surface area contributed by atoms with Crippen LogP contribution in [-0.4, -0.2) is 19.6 Å². The van der Waals surface area contributed by atoms with Crippen LogP contribution in [0.5, 0.6) is 5.75 Å². The zero-order valence-corrected chi connectivity index (χ0v) is 13.2. The molecule has 0 amide bonds. The van der Waals surface area contributed by atoms with Crippen molar-refractivity contribution < 1.29 is 21.9 Å². The van der Waals surface area contributed by atoms with Crippen molar-refractivity contribution in [3.8, 4) is 5.75 Å². The lowest BCUT2D eigenvalue weighted by atomic mass is 10.3. The van der Waals surface area contributed by atoms with Crippen LogP contribution in [0.15, 0.2) is 46.2 Å². The van der Waals surface area contributed by atoms with Crippen LogP contribution in [0.3, 0.4) is 0 Å². The lowest BCUT2D eigenvalue weighted by molar-refractivity contribution is -0.0498.